The van der Waals surface area contributed by atoms with Crippen LogP contribution in [0.4, 0.5) is 11.4 Å². The molecule has 0 radical (unpaired) electrons. The standard InChI is InChI=1S/C10H17N3O2/c1-15-7-10(14)2-3-13-9-4-8(11)5-12-6-9/h4-6,10,13-14H,2-3,7,11H2,1H3. The summed E-state index contributed by atoms with van der Waals surface area (Å²) in [7, 11) is 1.57. The quantitative estimate of drug-likeness (QED) is 0.637. The summed E-state index contributed by atoms with van der Waals surface area (Å²) >= 11 is 0. The monoisotopic (exact) mass is 211 g/mol. The summed E-state index contributed by atoms with van der Waals surface area (Å²) < 4.78 is 4.82. The second-order valence-electron chi connectivity index (χ2n) is 3.33. The van der Waals surface area contributed by atoms with E-state index in [4.69, 9.17) is 10.5 Å². The molecule has 1 aromatic rings. The first-order valence-electron chi connectivity index (χ1n) is 4.83. The van der Waals surface area contributed by atoms with Gasteiger partial charge in [0.15, 0.2) is 0 Å². The molecule has 5 nitrogen and oxygen atoms in total. The van der Waals surface area contributed by atoms with Crippen molar-refractivity contribution in [3.05, 3.63) is 18.5 Å². The van der Waals surface area contributed by atoms with E-state index in [1.807, 2.05) is 0 Å². The molecule has 5 heteroatoms. The minimum atomic E-state index is -0.434. The van der Waals surface area contributed by atoms with E-state index in [-0.39, 0.29) is 0 Å². The molecule has 0 aliphatic heterocycles. The Morgan fingerprint density at radius 2 is 2.40 bits per heavy atom. The molecular formula is C10H17N3O2. The molecular weight excluding hydrogens is 194 g/mol. The topological polar surface area (TPSA) is 80.4 Å². The lowest BCUT2D eigenvalue weighted by Crippen LogP contribution is -2.18. The van der Waals surface area contributed by atoms with Gasteiger partial charge in [-0.05, 0) is 12.5 Å². The van der Waals surface area contributed by atoms with Crippen molar-refractivity contribution in [1.29, 1.82) is 0 Å². The normalized spacial score (nSPS) is 12.4. The number of ether oxygens (including phenoxy) is 1. The molecule has 0 saturated carbocycles. The Hall–Kier alpha value is -1.33. The van der Waals surface area contributed by atoms with Crippen LogP contribution in [0.3, 0.4) is 0 Å². The molecule has 1 aromatic heterocycles. The molecule has 1 rings (SSSR count). The van der Waals surface area contributed by atoms with Crippen molar-refractivity contribution in [3.8, 4) is 0 Å². The predicted octanol–water partition coefficient (Wildman–Crippen LogP) is 0.473. The van der Waals surface area contributed by atoms with Crippen LogP contribution in [0.15, 0.2) is 18.5 Å². The van der Waals surface area contributed by atoms with Crippen molar-refractivity contribution in [1.82, 2.24) is 4.98 Å². The van der Waals surface area contributed by atoms with Crippen LogP contribution in [0.2, 0.25) is 0 Å². The third-order valence-electron chi connectivity index (χ3n) is 1.93. The second-order valence-corrected chi connectivity index (χ2v) is 3.33. The third kappa shape index (κ3) is 4.62. The van der Waals surface area contributed by atoms with Crippen molar-refractivity contribution >= 4 is 11.4 Å². The smallest absolute Gasteiger partial charge is 0.0790 e. The highest BCUT2D eigenvalue weighted by Gasteiger charge is 2.02. The summed E-state index contributed by atoms with van der Waals surface area (Å²) in [5, 5.41) is 12.5. The number of nitrogen functional groups attached to an aromatic ring is 1. The average molecular weight is 211 g/mol. The van der Waals surface area contributed by atoms with Gasteiger partial charge in [0.05, 0.1) is 30.3 Å². The molecule has 1 atom stereocenters. The number of aliphatic hydroxyl groups excluding tert-OH is 1. The van der Waals surface area contributed by atoms with Crippen molar-refractivity contribution in [2.75, 3.05) is 31.3 Å². The number of aromatic nitrogens is 1. The van der Waals surface area contributed by atoms with E-state index in [9.17, 15) is 5.11 Å². The number of rotatable bonds is 6. The van der Waals surface area contributed by atoms with E-state index < -0.39 is 6.10 Å². The maximum atomic E-state index is 9.38. The van der Waals surface area contributed by atoms with Gasteiger partial charge >= 0.3 is 0 Å². The molecule has 1 heterocycles. The molecule has 0 fully saturated rings. The summed E-state index contributed by atoms with van der Waals surface area (Å²) in [6.07, 6.45) is 3.48. The zero-order valence-electron chi connectivity index (χ0n) is 8.81. The van der Waals surface area contributed by atoms with Gasteiger partial charge in [-0.3, -0.25) is 4.98 Å². The SMILES string of the molecule is COCC(O)CCNc1cncc(N)c1. The van der Waals surface area contributed by atoms with Crippen LogP contribution in [-0.2, 0) is 4.74 Å². The van der Waals surface area contributed by atoms with E-state index >= 15 is 0 Å². The minimum Gasteiger partial charge on any atom is -0.397 e. The van der Waals surface area contributed by atoms with Gasteiger partial charge in [0, 0.05) is 19.9 Å². The highest BCUT2D eigenvalue weighted by molar-refractivity contribution is 5.51. The number of hydrogen-bond acceptors (Lipinski definition) is 5. The van der Waals surface area contributed by atoms with E-state index in [0.29, 0.717) is 25.3 Å². The molecule has 15 heavy (non-hydrogen) atoms. The van der Waals surface area contributed by atoms with E-state index in [1.165, 1.54) is 0 Å². The van der Waals surface area contributed by atoms with Crippen LogP contribution in [0.1, 0.15) is 6.42 Å². The number of nitrogens with zero attached hydrogens (tertiary/aromatic N) is 1. The lowest BCUT2D eigenvalue weighted by atomic mass is 10.2. The second kappa shape index (κ2) is 6.21. The van der Waals surface area contributed by atoms with Crippen LogP contribution in [0.25, 0.3) is 0 Å². The Bertz CT molecular complexity index is 294. The van der Waals surface area contributed by atoms with Crippen molar-refractivity contribution in [2.45, 2.75) is 12.5 Å². The lowest BCUT2D eigenvalue weighted by molar-refractivity contribution is 0.0615. The number of anilines is 2. The molecule has 4 N–H and O–H groups in total. The van der Waals surface area contributed by atoms with Crippen LogP contribution in [-0.4, -0.2) is 36.5 Å². The largest absolute Gasteiger partial charge is 0.397 e. The number of nitrogens with two attached hydrogens (primary N) is 1. The number of pyridine rings is 1. The summed E-state index contributed by atoms with van der Waals surface area (Å²) in [5.41, 5.74) is 7.05. The number of nitrogens with one attached hydrogen (secondary N) is 1. The van der Waals surface area contributed by atoms with Gasteiger partial charge in [-0.15, -0.1) is 0 Å². The summed E-state index contributed by atoms with van der Waals surface area (Å²) in [6.45, 7) is 1.02. The van der Waals surface area contributed by atoms with Gasteiger partial charge in [0.1, 0.15) is 0 Å². The Kier molecular flexibility index (Phi) is 4.86. The molecule has 0 spiro atoms. The predicted molar refractivity (Wildman–Crippen MR) is 59.6 cm³/mol. The van der Waals surface area contributed by atoms with Crippen molar-refractivity contribution in [2.24, 2.45) is 0 Å². The Morgan fingerprint density at radius 3 is 3.07 bits per heavy atom. The highest BCUT2D eigenvalue weighted by atomic mass is 16.5. The molecule has 0 saturated heterocycles. The summed E-state index contributed by atoms with van der Waals surface area (Å²) in [6, 6.07) is 1.80. The molecule has 0 aliphatic carbocycles. The maximum Gasteiger partial charge on any atom is 0.0790 e. The van der Waals surface area contributed by atoms with Crippen LogP contribution in [0, 0.1) is 0 Å². The first kappa shape index (κ1) is 11.7. The molecule has 84 valence electrons. The van der Waals surface area contributed by atoms with Gasteiger partial charge in [-0.2, -0.15) is 0 Å². The van der Waals surface area contributed by atoms with Gasteiger partial charge in [-0.1, -0.05) is 0 Å². The van der Waals surface area contributed by atoms with Crippen molar-refractivity contribution in [3.63, 3.8) is 0 Å². The summed E-state index contributed by atoms with van der Waals surface area (Å²) in [4.78, 5) is 3.94. The van der Waals surface area contributed by atoms with Gasteiger partial charge in [0.2, 0.25) is 0 Å². The minimum absolute atomic E-state index is 0.358. The van der Waals surface area contributed by atoms with Crippen molar-refractivity contribution < 1.29 is 9.84 Å². The average Bonchev–Trinajstić information content (AvgIpc) is 2.18. The highest BCUT2D eigenvalue weighted by Crippen LogP contribution is 2.09. The Morgan fingerprint density at radius 1 is 1.60 bits per heavy atom. The fraction of sp³-hybridized carbons (Fsp3) is 0.500. The first-order chi connectivity index (χ1) is 7.22. The van der Waals surface area contributed by atoms with E-state index in [0.717, 1.165) is 5.69 Å². The number of hydrogen-bond donors (Lipinski definition) is 3. The number of methoxy groups -OCH3 is 1. The zero-order valence-corrected chi connectivity index (χ0v) is 8.81. The fourth-order valence-corrected chi connectivity index (χ4v) is 1.21. The zero-order chi connectivity index (χ0) is 11.1. The maximum absolute atomic E-state index is 9.38. The summed E-state index contributed by atoms with van der Waals surface area (Å²) in [5.74, 6) is 0. The van der Waals surface area contributed by atoms with E-state index in [2.05, 4.69) is 10.3 Å². The molecule has 1 unspecified atom stereocenters. The van der Waals surface area contributed by atoms with Gasteiger partial charge < -0.3 is 20.9 Å². The fourth-order valence-electron chi connectivity index (χ4n) is 1.21. The Balaban J connectivity index is 2.25. The van der Waals surface area contributed by atoms with Crippen LogP contribution in [0.5, 0.6) is 0 Å². The first-order valence-corrected chi connectivity index (χ1v) is 4.83. The molecule has 0 aliphatic rings. The number of aliphatic hydroxyl groups is 1. The lowest BCUT2D eigenvalue weighted by Gasteiger charge is -2.10. The van der Waals surface area contributed by atoms with Crippen LogP contribution < -0.4 is 11.1 Å². The molecule has 0 aromatic carbocycles. The molecule has 0 bridgehead atoms. The third-order valence-corrected chi connectivity index (χ3v) is 1.93. The van der Waals surface area contributed by atoms with Gasteiger partial charge in [0.25, 0.3) is 0 Å². The van der Waals surface area contributed by atoms with Crippen LogP contribution >= 0.6 is 0 Å². The van der Waals surface area contributed by atoms with Gasteiger partial charge in [-0.25, -0.2) is 0 Å². The Labute approximate surface area is 89.3 Å². The van der Waals surface area contributed by atoms with E-state index in [1.54, 1.807) is 25.6 Å². The molecule has 0 amide bonds.